The number of aromatic nitrogens is 2. The van der Waals surface area contributed by atoms with E-state index in [9.17, 15) is 28.4 Å². The molecule has 0 unspecified atom stereocenters. The minimum atomic E-state index is -1.04. The molecule has 0 bridgehead atoms. The molecule has 2 fully saturated rings. The quantitative estimate of drug-likeness (QED) is 0.496. The molecule has 12 heteroatoms. The van der Waals surface area contributed by atoms with Crippen molar-refractivity contribution in [3.63, 3.8) is 0 Å². The van der Waals surface area contributed by atoms with Crippen LogP contribution in [-0.4, -0.2) is 86.0 Å². The first-order valence-electron chi connectivity index (χ1n) is 14.4. The number of piperazine rings is 1. The van der Waals surface area contributed by atoms with Crippen LogP contribution in [0.5, 0.6) is 0 Å². The van der Waals surface area contributed by atoms with E-state index < -0.39 is 40.2 Å². The van der Waals surface area contributed by atoms with Crippen LogP contribution in [0.3, 0.4) is 0 Å². The molecule has 0 saturated carbocycles. The van der Waals surface area contributed by atoms with Crippen LogP contribution in [0.15, 0.2) is 52.1 Å². The van der Waals surface area contributed by atoms with E-state index in [0.717, 1.165) is 0 Å². The summed E-state index contributed by atoms with van der Waals surface area (Å²) in [5.41, 5.74) is -2.04. The van der Waals surface area contributed by atoms with E-state index in [1.807, 2.05) is 0 Å². The number of H-pyrrole nitrogens is 1. The summed E-state index contributed by atoms with van der Waals surface area (Å²) in [6.07, 6.45) is 0.661. The van der Waals surface area contributed by atoms with E-state index in [1.165, 1.54) is 32.6 Å². The molecule has 1 aromatic heterocycles. The van der Waals surface area contributed by atoms with Crippen LogP contribution in [0.25, 0.3) is 10.9 Å². The zero-order valence-corrected chi connectivity index (χ0v) is 24.8. The topological polar surface area (TPSA) is 125 Å². The number of carbonyl (C=O) groups excluding carboxylic acids is 3. The highest BCUT2D eigenvalue weighted by molar-refractivity contribution is 5.95. The molecule has 11 nitrogen and oxygen atoms in total. The van der Waals surface area contributed by atoms with E-state index >= 15 is 0 Å². The summed E-state index contributed by atoms with van der Waals surface area (Å²) in [5.74, 6) is -1.42. The number of rotatable bonds is 4. The Kier molecular flexibility index (Phi) is 7.89. The fourth-order valence-electron chi connectivity index (χ4n) is 5.84. The summed E-state index contributed by atoms with van der Waals surface area (Å²) in [7, 11) is 0. The van der Waals surface area contributed by atoms with Crippen LogP contribution in [0.2, 0.25) is 0 Å². The van der Waals surface area contributed by atoms with Gasteiger partial charge in [0.15, 0.2) is 0 Å². The predicted molar refractivity (Wildman–Crippen MR) is 157 cm³/mol. The lowest BCUT2D eigenvalue weighted by atomic mass is 9.96. The number of halogens is 1. The molecule has 0 aliphatic carbocycles. The molecular formula is C31H36FN5O6. The molecule has 2 aromatic carbocycles. The molecule has 3 amide bonds. The molecule has 2 aliphatic rings. The van der Waals surface area contributed by atoms with Crippen LogP contribution in [0.4, 0.5) is 9.18 Å². The van der Waals surface area contributed by atoms with Crippen molar-refractivity contribution in [3.8, 4) is 0 Å². The van der Waals surface area contributed by atoms with Crippen molar-refractivity contribution in [2.24, 2.45) is 0 Å². The van der Waals surface area contributed by atoms with Crippen LogP contribution in [0.1, 0.15) is 56.5 Å². The van der Waals surface area contributed by atoms with Gasteiger partial charge in [0.05, 0.1) is 23.0 Å². The summed E-state index contributed by atoms with van der Waals surface area (Å²) in [6, 6.07) is 10.8. The zero-order valence-electron chi connectivity index (χ0n) is 24.8. The van der Waals surface area contributed by atoms with Crippen LogP contribution in [0, 0.1) is 5.82 Å². The summed E-state index contributed by atoms with van der Waals surface area (Å²) in [5, 5.41) is 0.341. The van der Waals surface area contributed by atoms with Gasteiger partial charge in [-0.05, 0) is 70.4 Å². The molecular weight excluding hydrogens is 557 g/mol. The van der Waals surface area contributed by atoms with Gasteiger partial charge in [-0.25, -0.2) is 14.0 Å². The number of ether oxygens (including phenoxy) is 1. The molecule has 228 valence electrons. The third kappa shape index (κ3) is 5.91. The fraction of sp³-hybridized carbons (Fsp3) is 0.452. The molecule has 2 aliphatic heterocycles. The number of fused-ring (bicyclic) bond motifs is 1. The van der Waals surface area contributed by atoms with E-state index in [1.54, 1.807) is 56.9 Å². The van der Waals surface area contributed by atoms with Gasteiger partial charge in [0, 0.05) is 32.7 Å². The van der Waals surface area contributed by atoms with E-state index in [-0.39, 0.29) is 44.2 Å². The van der Waals surface area contributed by atoms with Gasteiger partial charge in [-0.15, -0.1) is 0 Å². The van der Waals surface area contributed by atoms with E-state index in [2.05, 4.69) is 4.98 Å². The number of nitrogens with zero attached hydrogens (tertiary/aromatic N) is 4. The molecule has 3 heterocycles. The Labute approximate surface area is 247 Å². The van der Waals surface area contributed by atoms with Crippen molar-refractivity contribution in [2.45, 2.75) is 58.2 Å². The number of carbonyl (C=O) groups is 3. The highest BCUT2D eigenvalue weighted by Crippen LogP contribution is 2.33. The first kappa shape index (κ1) is 30.0. The Morgan fingerprint density at radius 1 is 0.977 bits per heavy atom. The smallest absolute Gasteiger partial charge is 0.411 e. The summed E-state index contributed by atoms with van der Waals surface area (Å²) in [6.45, 7) is 8.40. The van der Waals surface area contributed by atoms with Crippen molar-refractivity contribution in [2.75, 3.05) is 32.7 Å². The maximum Gasteiger partial charge on any atom is 0.411 e. The average Bonchev–Trinajstić information content (AvgIpc) is 3.37. The number of amides is 3. The third-order valence-corrected chi connectivity index (χ3v) is 8.08. The number of hydrogen-bond donors (Lipinski definition) is 1. The van der Waals surface area contributed by atoms with Crippen molar-refractivity contribution < 1.29 is 23.5 Å². The van der Waals surface area contributed by atoms with E-state index in [4.69, 9.17) is 4.74 Å². The Morgan fingerprint density at radius 3 is 2.35 bits per heavy atom. The normalized spacial score (nSPS) is 19.1. The Bertz CT molecular complexity index is 1700. The van der Waals surface area contributed by atoms with Gasteiger partial charge < -0.3 is 14.5 Å². The van der Waals surface area contributed by atoms with Gasteiger partial charge in [-0.3, -0.25) is 28.8 Å². The minimum Gasteiger partial charge on any atom is -0.444 e. The number of aromatic amines is 1. The predicted octanol–water partition coefficient (Wildman–Crippen LogP) is 2.95. The van der Waals surface area contributed by atoms with E-state index in [0.29, 0.717) is 35.9 Å². The lowest BCUT2D eigenvalue weighted by Gasteiger charge is -2.41. The summed E-state index contributed by atoms with van der Waals surface area (Å²) in [4.78, 5) is 71.6. The first-order chi connectivity index (χ1) is 20.3. The second-order valence-electron chi connectivity index (χ2n) is 12.3. The lowest BCUT2D eigenvalue weighted by Crippen LogP contribution is -2.60. The van der Waals surface area contributed by atoms with Crippen LogP contribution >= 0.6 is 0 Å². The first-order valence-corrected chi connectivity index (χ1v) is 14.4. The summed E-state index contributed by atoms with van der Waals surface area (Å²) < 4.78 is 21.8. The molecule has 2 saturated heterocycles. The van der Waals surface area contributed by atoms with Gasteiger partial charge in [-0.2, -0.15) is 0 Å². The van der Waals surface area contributed by atoms with Crippen LogP contribution in [-0.2, 0) is 16.1 Å². The SMILES string of the molecule is CC(C)(C)OC(=O)N1CCC[C@@]1(C)C(=O)N1CCN(C(=O)c2cc(Cn3c(=O)[nH]c(=O)c4ccccc43)ccc2F)CC1. The number of nitrogens with one attached hydrogen (secondary N) is 1. The Hall–Kier alpha value is -4.48. The largest absolute Gasteiger partial charge is 0.444 e. The molecule has 1 N–H and O–H groups in total. The molecule has 0 radical (unpaired) electrons. The highest BCUT2D eigenvalue weighted by atomic mass is 19.1. The lowest BCUT2D eigenvalue weighted by molar-refractivity contribution is -0.143. The molecule has 5 rings (SSSR count). The molecule has 0 spiro atoms. The van der Waals surface area contributed by atoms with Gasteiger partial charge >= 0.3 is 11.8 Å². The van der Waals surface area contributed by atoms with Crippen LogP contribution < -0.4 is 11.2 Å². The Balaban J connectivity index is 1.29. The van der Waals surface area contributed by atoms with Crippen molar-refractivity contribution in [1.29, 1.82) is 0 Å². The molecule has 1 atom stereocenters. The maximum atomic E-state index is 14.9. The van der Waals surface area contributed by atoms with Crippen molar-refractivity contribution >= 4 is 28.8 Å². The van der Waals surface area contributed by atoms with Gasteiger partial charge in [-0.1, -0.05) is 18.2 Å². The zero-order chi connectivity index (χ0) is 31.1. The highest BCUT2D eigenvalue weighted by Gasteiger charge is 2.49. The second-order valence-corrected chi connectivity index (χ2v) is 12.3. The van der Waals surface area contributed by atoms with Gasteiger partial charge in [0.25, 0.3) is 11.5 Å². The number of benzene rings is 2. The number of likely N-dealkylation sites (tertiary alicyclic amines) is 1. The average molecular weight is 594 g/mol. The van der Waals surface area contributed by atoms with Crippen molar-refractivity contribution in [1.82, 2.24) is 24.3 Å². The standard InChI is InChI=1S/C31H36FN5O6/c1-30(2,3)43-29(42)37-13-7-12-31(37,4)27(40)35-16-14-34(15-17-35)26(39)22-18-20(10-11-23(22)32)19-36-24-9-6-5-8-21(24)25(38)33-28(36)41/h5-6,8-11,18H,7,12-17,19H2,1-4H3,(H,33,38,41)/t31-/m0/s1. The minimum absolute atomic E-state index is 0.0195. The third-order valence-electron chi connectivity index (χ3n) is 8.08. The van der Waals surface area contributed by atoms with Crippen molar-refractivity contribution in [3.05, 3.63) is 80.2 Å². The number of hydrogen-bond acceptors (Lipinski definition) is 6. The molecule has 43 heavy (non-hydrogen) atoms. The Morgan fingerprint density at radius 2 is 1.65 bits per heavy atom. The van der Waals surface area contributed by atoms with Gasteiger partial charge in [0.1, 0.15) is 17.0 Å². The summed E-state index contributed by atoms with van der Waals surface area (Å²) >= 11 is 0. The fourth-order valence-corrected chi connectivity index (χ4v) is 5.84. The molecule has 3 aromatic rings. The monoisotopic (exact) mass is 593 g/mol. The second kappa shape index (κ2) is 11.3. The maximum absolute atomic E-state index is 14.9. The van der Waals surface area contributed by atoms with Gasteiger partial charge in [0.2, 0.25) is 5.91 Å². The number of para-hydroxylation sites is 1.